The lowest BCUT2D eigenvalue weighted by Crippen LogP contribution is -2.48. The number of carbonyl (C=O) groups excluding carboxylic acids is 1. The number of rotatable bonds is 4. The third-order valence-corrected chi connectivity index (χ3v) is 5.69. The zero-order chi connectivity index (χ0) is 14.7. The Morgan fingerprint density at radius 3 is 2.86 bits per heavy atom. The van der Waals surface area contributed by atoms with E-state index in [2.05, 4.69) is 29.2 Å². The molecule has 0 bridgehead atoms. The third-order valence-electron chi connectivity index (χ3n) is 4.62. The van der Waals surface area contributed by atoms with Gasteiger partial charge in [-0.25, -0.2) is 0 Å². The number of hydrogen-bond donors (Lipinski definition) is 0. The standard InChI is InChI=1S/C17H23NO2S/c1-2-20-16(19)13-17(18-10-5-6-11-18)9-12-21-15-8-4-3-7-14(15)17/h3-4,7-8H,2,5-6,9-13H2,1H3. The van der Waals surface area contributed by atoms with Crippen LogP contribution in [-0.4, -0.2) is 36.3 Å². The molecule has 0 aliphatic carbocycles. The molecular formula is C17H23NO2S. The molecule has 1 aromatic rings. The van der Waals surface area contributed by atoms with E-state index in [-0.39, 0.29) is 11.5 Å². The van der Waals surface area contributed by atoms with Gasteiger partial charge in [-0.2, -0.15) is 0 Å². The van der Waals surface area contributed by atoms with Crippen LogP contribution in [0.1, 0.15) is 38.2 Å². The molecule has 21 heavy (non-hydrogen) atoms. The first-order valence-corrected chi connectivity index (χ1v) is 8.88. The number of nitrogens with zero attached hydrogens (tertiary/aromatic N) is 1. The average molecular weight is 305 g/mol. The lowest BCUT2D eigenvalue weighted by molar-refractivity contribution is -0.147. The number of esters is 1. The lowest BCUT2D eigenvalue weighted by Gasteiger charge is -2.45. The Kier molecular flexibility index (Phi) is 4.55. The highest BCUT2D eigenvalue weighted by molar-refractivity contribution is 7.99. The van der Waals surface area contributed by atoms with Gasteiger partial charge >= 0.3 is 5.97 Å². The summed E-state index contributed by atoms with van der Waals surface area (Å²) in [4.78, 5) is 16.1. The van der Waals surface area contributed by atoms with Gasteiger partial charge in [0.25, 0.3) is 0 Å². The van der Waals surface area contributed by atoms with Gasteiger partial charge in [0, 0.05) is 10.6 Å². The van der Waals surface area contributed by atoms with E-state index in [9.17, 15) is 4.79 Å². The molecule has 3 nitrogen and oxygen atoms in total. The molecule has 0 amide bonds. The summed E-state index contributed by atoms with van der Waals surface area (Å²) in [6.45, 7) is 4.53. The van der Waals surface area contributed by atoms with Crippen LogP contribution < -0.4 is 0 Å². The van der Waals surface area contributed by atoms with Crippen molar-refractivity contribution in [2.45, 2.75) is 43.0 Å². The predicted octanol–water partition coefficient (Wildman–Crippen LogP) is 3.43. The normalized spacial score (nSPS) is 25.6. The molecule has 1 saturated heterocycles. The van der Waals surface area contributed by atoms with Crippen molar-refractivity contribution in [3.8, 4) is 0 Å². The summed E-state index contributed by atoms with van der Waals surface area (Å²) >= 11 is 1.91. The number of benzene rings is 1. The van der Waals surface area contributed by atoms with E-state index in [0.717, 1.165) is 25.3 Å². The van der Waals surface area contributed by atoms with Crippen LogP contribution in [0.25, 0.3) is 0 Å². The van der Waals surface area contributed by atoms with Crippen LogP contribution in [0.15, 0.2) is 29.2 Å². The van der Waals surface area contributed by atoms with Crippen molar-refractivity contribution in [3.63, 3.8) is 0 Å². The number of thioether (sulfide) groups is 1. The topological polar surface area (TPSA) is 29.5 Å². The van der Waals surface area contributed by atoms with Crippen LogP contribution in [0, 0.1) is 0 Å². The molecule has 0 spiro atoms. The monoisotopic (exact) mass is 305 g/mol. The molecule has 0 aromatic heterocycles. The van der Waals surface area contributed by atoms with Crippen LogP contribution in [0.2, 0.25) is 0 Å². The number of ether oxygens (including phenoxy) is 1. The Labute approximate surface area is 131 Å². The molecule has 0 saturated carbocycles. The van der Waals surface area contributed by atoms with Crippen LogP contribution in [0.3, 0.4) is 0 Å². The van der Waals surface area contributed by atoms with Gasteiger partial charge in [0.2, 0.25) is 0 Å². The summed E-state index contributed by atoms with van der Waals surface area (Å²) in [5.41, 5.74) is 1.18. The van der Waals surface area contributed by atoms with Gasteiger partial charge in [-0.3, -0.25) is 9.69 Å². The van der Waals surface area contributed by atoms with Gasteiger partial charge in [-0.15, -0.1) is 11.8 Å². The Balaban J connectivity index is 1.98. The molecule has 1 unspecified atom stereocenters. The molecule has 114 valence electrons. The molecule has 4 heteroatoms. The Hall–Kier alpha value is -1.00. The first kappa shape index (κ1) is 14.9. The first-order chi connectivity index (χ1) is 10.3. The van der Waals surface area contributed by atoms with Gasteiger partial charge in [0.05, 0.1) is 18.6 Å². The molecule has 1 fully saturated rings. The minimum Gasteiger partial charge on any atom is -0.466 e. The van der Waals surface area contributed by atoms with Gasteiger partial charge in [-0.05, 0) is 50.9 Å². The minimum absolute atomic E-state index is 0.0638. The van der Waals surface area contributed by atoms with Gasteiger partial charge < -0.3 is 4.74 Å². The van der Waals surface area contributed by atoms with Crippen molar-refractivity contribution in [1.29, 1.82) is 0 Å². The highest BCUT2D eigenvalue weighted by Gasteiger charge is 2.44. The quantitative estimate of drug-likeness (QED) is 0.797. The second-order valence-corrected chi connectivity index (χ2v) is 6.94. The molecule has 2 aliphatic heterocycles. The Morgan fingerprint density at radius 2 is 2.10 bits per heavy atom. The van der Waals surface area contributed by atoms with Crippen molar-refractivity contribution in [1.82, 2.24) is 4.90 Å². The molecule has 2 heterocycles. The van der Waals surface area contributed by atoms with Crippen LogP contribution >= 0.6 is 11.8 Å². The summed E-state index contributed by atoms with van der Waals surface area (Å²) in [6, 6.07) is 8.59. The molecular weight excluding hydrogens is 282 g/mol. The number of hydrogen-bond acceptors (Lipinski definition) is 4. The molecule has 2 aliphatic rings. The fraction of sp³-hybridized carbons (Fsp3) is 0.588. The van der Waals surface area contributed by atoms with Crippen molar-refractivity contribution in [2.75, 3.05) is 25.4 Å². The second-order valence-electron chi connectivity index (χ2n) is 5.80. The highest BCUT2D eigenvalue weighted by atomic mass is 32.2. The Morgan fingerprint density at radius 1 is 1.33 bits per heavy atom. The first-order valence-electron chi connectivity index (χ1n) is 7.89. The predicted molar refractivity (Wildman–Crippen MR) is 85.5 cm³/mol. The summed E-state index contributed by atoms with van der Waals surface area (Å²) in [6.07, 6.45) is 3.99. The Bertz CT molecular complexity index is 513. The maximum absolute atomic E-state index is 12.2. The van der Waals surface area contributed by atoms with E-state index in [1.807, 2.05) is 18.7 Å². The van der Waals surface area contributed by atoms with Gasteiger partial charge in [0.1, 0.15) is 0 Å². The van der Waals surface area contributed by atoms with E-state index >= 15 is 0 Å². The maximum atomic E-state index is 12.2. The summed E-state index contributed by atoms with van der Waals surface area (Å²) in [7, 11) is 0. The van der Waals surface area contributed by atoms with E-state index < -0.39 is 0 Å². The van der Waals surface area contributed by atoms with Crippen LogP contribution in [0.4, 0.5) is 0 Å². The summed E-state index contributed by atoms with van der Waals surface area (Å²) in [5, 5.41) is 0. The van der Waals surface area contributed by atoms with Crippen molar-refractivity contribution >= 4 is 17.7 Å². The highest BCUT2D eigenvalue weighted by Crippen LogP contribution is 2.47. The number of carbonyl (C=O) groups is 1. The van der Waals surface area contributed by atoms with Crippen LogP contribution in [0.5, 0.6) is 0 Å². The van der Waals surface area contributed by atoms with Gasteiger partial charge in [-0.1, -0.05) is 18.2 Å². The largest absolute Gasteiger partial charge is 0.466 e. The van der Waals surface area contributed by atoms with E-state index in [1.165, 1.54) is 23.3 Å². The van der Waals surface area contributed by atoms with Gasteiger partial charge in [0.15, 0.2) is 0 Å². The molecule has 1 atom stereocenters. The summed E-state index contributed by atoms with van der Waals surface area (Å²) < 4.78 is 5.27. The van der Waals surface area contributed by atoms with Crippen molar-refractivity contribution in [2.24, 2.45) is 0 Å². The third kappa shape index (κ3) is 2.84. The molecule has 0 N–H and O–H groups in total. The van der Waals surface area contributed by atoms with E-state index in [0.29, 0.717) is 13.0 Å². The lowest BCUT2D eigenvalue weighted by atomic mass is 9.82. The number of likely N-dealkylation sites (tertiary alicyclic amines) is 1. The van der Waals surface area contributed by atoms with E-state index in [4.69, 9.17) is 4.74 Å². The smallest absolute Gasteiger partial charge is 0.308 e. The molecule has 3 rings (SSSR count). The average Bonchev–Trinajstić information content (AvgIpc) is 3.02. The maximum Gasteiger partial charge on any atom is 0.308 e. The second kappa shape index (κ2) is 6.41. The summed E-state index contributed by atoms with van der Waals surface area (Å²) in [5.74, 6) is 1.01. The number of fused-ring (bicyclic) bond motifs is 1. The fourth-order valence-corrected chi connectivity index (χ4v) is 4.91. The zero-order valence-electron chi connectivity index (χ0n) is 12.6. The van der Waals surface area contributed by atoms with Crippen molar-refractivity contribution < 1.29 is 9.53 Å². The molecule has 1 aromatic carbocycles. The van der Waals surface area contributed by atoms with E-state index in [1.54, 1.807) is 0 Å². The zero-order valence-corrected chi connectivity index (χ0v) is 13.5. The fourth-order valence-electron chi connectivity index (χ4n) is 3.66. The van der Waals surface area contributed by atoms with Crippen molar-refractivity contribution in [3.05, 3.63) is 29.8 Å². The van der Waals surface area contributed by atoms with Crippen LogP contribution in [-0.2, 0) is 15.1 Å². The molecule has 0 radical (unpaired) electrons. The SMILES string of the molecule is CCOC(=O)CC1(N2CCCC2)CCSc2ccccc21. The minimum atomic E-state index is -0.148.